The number of carbonyl (C=O) groups excluding carboxylic acids is 2. The molecule has 1 atom stereocenters. The molecule has 0 saturated heterocycles. The van der Waals surface area contributed by atoms with Gasteiger partial charge in [-0.2, -0.15) is 5.26 Å². The van der Waals surface area contributed by atoms with Crippen molar-refractivity contribution in [3.8, 4) is 6.07 Å². The van der Waals surface area contributed by atoms with Gasteiger partial charge in [-0.1, -0.05) is 55.1 Å². The molecule has 0 spiro atoms. The van der Waals surface area contributed by atoms with E-state index in [1.54, 1.807) is 30.0 Å². The van der Waals surface area contributed by atoms with E-state index in [0.717, 1.165) is 11.1 Å². The Kier molecular flexibility index (Phi) is 6.25. The van der Waals surface area contributed by atoms with Gasteiger partial charge in [0.15, 0.2) is 0 Å². The highest BCUT2D eigenvalue weighted by Gasteiger charge is 2.36. The molecular formula is C24H22N2O3. The van der Waals surface area contributed by atoms with Crippen LogP contribution in [0.25, 0.3) is 0 Å². The van der Waals surface area contributed by atoms with Crippen LogP contribution >= 0.6 is 0 Å². The third-order valence-corrected chi connectivity index (χ3v) is 4.97. The van der Waals surface area contributed by atoms with E-state index in [4.69, 9.17) is 10.00 Å². The first kappa shape index (κ1) is 20.1. The normalized spacial score (nSPS) is 16.3. The maximum atomic E-state index is 13.0. The minimum Gasteiger partial charge on any atom is -0.458 e. The van der Waals surface area contributed by atoms with Crippen molar-refractivity contribution in [3.63, 3.8) is 0 Å². The highest BCUT2D eigenvalue weighted by molar-refractivity contribution is 5.95. The summed E-state index contributed by atoms with van der Waals surface area (Å²) in [7, 11) is 0. The van der Waals surface area contributed by atoms with Gasteiger partial charge in [0.05, 0.1) is 23.8 Å². The van der Waals surface area contributed by atoms with Gasteiger partial charge in [0.25, 0.3) is 0 Å². The average molecular weight is 386 g/mol. The average Bonchev–Trinajstić information content (AvgIpc) is 2.75. The number of hydrogen-bond acceptors (Lipinski definition) is 4. The molecule has 1 amide bonds. The number of esters is 1. The monoisotopic (exact) mass is 386 g/mol. The van der Waals surface area contributed by atoms with Crippen LogP contribution in [-0.2, 0) is 20.9 Å². The molecule has 2 aromatic rings. The summed E-state index contributed by atoms with van der Waals surface area (Å²) in [5, 5.41) is 9.12. The largest absolute Gasteiger partial charge is 0.458 e. The van der Waals surface area contributed by atoms with Crippen LogP contribution < -0.4 is 0 Å². The number of nitriles is 1. The van der Waals surface area contributed by atoms with Gasteiger partial charge in [0, 0.05) is 18.0 Å². The van der Waals surface area contributed by atoms with Crippen molar-refractivity contribution in [2.45, 2.75) is 25.8 Å². The molecular weight excluding hydrogens is 364 g/mol. The molecule has 1 aliphatic heterocycles. The van der Waals surface area contributed by atoms with Crippen LogP contribution in [0.15, 0.2) is 78.5 Å². The Morgan fingerprint density at radius 3 is 2.72 bits per heavy atom. The van der Waals surface area contributed by atoms with E-state index < -0.39 is 5.97 Å². The molecule has 2 aromatic carbocycles. The second-order valence-corrected chi connectivity index (χ2v) is 6.85. The third-order valence-electron chi connectivity index (χ3n) is 4.97. The van der Waals surface area contributed by atoms with E-state index in [1.807, 2.05) is 36.4 Å². The van der Waals surface area contributed by atoms with Crippen LogP contribution in [0.3, 0.4) is 0 Å². The number of rotatable bonds is 6. The molecule has 1 unspecified atom stereocenters. The molecule has 5 heteroatoms. The van der Waals surface area contributed by atoms with Gasteiger partial charge in [0.1, 0.15) is 6.61 Å². The van der Waals surface area contributed by atoms with Gasteiger partial charge in [-0.25, -0.2) is 4.79 Å². The molecule has 1 heterocycles. The van der Waals surface area contributed by atoms with Crippen molar-refractivity contribution in [2.75, 3.05) is 6.61 Å². The zero-order valence-electron chi connectivity index (χ0n) is 16.3. The summed E-state index contributed by atoms with van der Waals surface area (Å²) in [6.45, 7) is 5.76. The number of carbonyl (C=O) groups is 2. The van der Waals surface area contributed by atoms with E-state index >= 15 is 0 Å². The lowest BCUT2D eigenvalue weighted by Crippen LogP contribution is -2.38. The Balaban J connectivity index is 2.01. The molecule has 146 valence electrons. The van der Waals surface area contributed by atoms with Crippen molar-refractivity contribution in [2.24, 2.45) is 0 Å². The van der Waals surface area contributed by atoms with E-state index in [2.05, 4.69) is 12.6 Å². The Hall–Kier alpha value is -3.65. The van der Waals surface area contributed by atoms with Crippen LogP contribution in [-0.4, -0.2) is 23.4 Å². The molecule has 1 aliphatic rings. The molecule has 0 N–H and O–H groups in total. The molecule has 0 aliphatic carbocycles. The van der Waals surface area contributed by atoms with Crippen LogP contribution in [0.4, 0.5) is 0 Å². The molecule has 0 aromatic heterocycles. The first-order valence-electron chi connectivity index (χ1n) is 9.38. The van der Waals surface area contributed by atoms with Crippen molar-refractivity contribution in [1.29, 1.82) is 5.26 Å². The van der Waals surface area contributed by atoms with Crippen molar-refractivity contribution < 1.29 is 14.3 Å². The van der Waals surface area contributed by atoms with E-state index in [1.165, 1.54) is 6.08 Å². The van der Waals surface area contributed by atoms with E-state index in [0.29, 0.717) is 23.4 Å². The summed E-state index contributed by atoms with van der Waals surface area (Å²) in [5.74, 6) is -0.874. The van der Waals surface area contributed by atoms with Gasteiger partial charge in [-0.15, -0.1) is 0 Å². The Labute approximate surface area is 170 Å². The molecule has 0 saturated carbocycles. The molecule has 29 heavy (non-hydrogen) atoms. The first-order chi connectivity index (χ1) is 14.0. The predicted molar refractivity (Wildman–Crippen MR) is 109 cm³/mol. The maximum absolute atomic E-state index is 13.0. The van der Waals surface area contributed by atoms with Crippen LogP contribution in [0.2, 0.25) is 0 Å². The number of benzene rings is 2. The lowest BCUT2D eigenvalue weighted by atomic mass is 9.83. The van der Waals surface area contributed by atoms with Gasteiger partial charge >= 0.3 is 5.97 Å². The second kappa shape index (κ2) is 9.03. The van der Waals surface area contributed by atoms with Gasteiger partial charge in [0.2, 0.25) is 5.91 Å². The molecule has 0 bridgehead atoms. The van der Waals surface area contributed by atoms with E-state index in [-0.39, 0.29) is 24.9 Å². The molecule has 5 nitrogen and oxygen atoms in total. The summed E-state index contributed by atoms with van der Waals surface area (Å²) < 4.78 is 5.33. The zero-order valence-corrected chi connectivity index (χ0v) is 16.3. The standard InChI is InChI=1S/C24H22N2O3/c1-3-12-29-24(28)23-17(2)26(16-19-9-7-8-18(13-19)15-25)22(27)14-21(23)20-10-5-4-6-11-20/h3-11,13,21H,1,12,14,16H2,2H3. The summed E-state index contributed by atoms with van der Waals surface area (Å²) in [6, 6.07) is 18.7. The predicted octanol–water partition coefficient (Wildman–Crippen LogP) is 4.08. The fourth-order valence-corrected chi connectivity index (χ4v) is 3.57. The van der Waals surface area contributed by atoms with Crippen LogP contribution in [0.5, 0.6) is 0 Å². The minimum absolute atomic E-state index is 0.0704. The maximum Gasteiger partial charge on any atom is 0.336 e. The third kappa shape index (κ3) is 4.44. The zero-order chi connectivity index (χ0) is 20.8. The van der Waals surface area contributed by atoms with Gasteiger partial charge in [-0.3, -0.25) is 4.79 Å². The lowest BCUT2D eigenvalue weighted by Gasteiger charge is -2.34. The lowest BCUT2D eigenvalue weighted by molar-refractivity contribution is -0.139. The van der Waals surface area contributed by atoms with Crippen molar-refractivity contribution in [3.05, 3.63) is 95.2 Å². The summed E-state index contributed by atoms with van der Waals surface area (Å²) in [5.41, 5.74) is 3.31. The summed E-state index contributed by atoms with van der Waals surface area (Å²) >= 11 is 0. The number of ether oxygens (including phenoxy) is 1. The minimum atomic E-state index is -0.445. The second-order valence-electron chi connectivity index (χ2n) is 6.85. The van der Waals surface area contributed by atoms with E-state index in [9.17, 15) is 9.59 Å². The molecule has 3 rings (SSSR count). The smallest absolute Gasteiger partial charge is 0.336 e. The van der Waals surface area contributed by atoms with Gasteiger partial charge < -0.3 is 9.64 Å². The summed E-state index contributed by atoms with van der Waals surface area (Å²) in [4.78, 5) is 27.4. The SMILES string of the molecule is C=CCOC(=O)C1=C(C)N(Cc2cccc(C#N)c2)C(=O)CC1c1ccccc1. The molecule has 0 radical (unpaired) electrons. The quantitative estimate of drug-likeness (QED) is 0.554. The fourth-order valence-electron chi connectivity index (χ4n) is 3.57. The Morgan fingerprint density at radius 2 is 2.03 bits per heavy atom. The number of hydrogen-bond donors (Lipinski definition) is 0. The number of allylic oxidation sites excluding steroid dienone is 1. The van der Waals surface area contributed by atoms with Crippen LogP contribution in [0, 0.1) is 11.3 Å². The number of amides is 1. The van der Waals surface area contributed by atoms with Crippen molar-refractivity contribution >= 4 is 11.9 Å². The summed E-state index contributed by atoms with van der Waals surface area (Å²) in [6.07, 6.45) is 1.70. The van der Waals surface area contributed by atoms with Gasteiger partial charge in [-0.05, 0) is 30.2 Å². The van der Waals surface area contributed by atoms with Crippen molar-refractivity contribution in [1.82, 2.24) is 4.90 Å². The fraction of sp³-hybridized carbons (Fsp3) is 0.208. The molecule has 0 fully saturated rings. The number of nitrogens with zero attached hydrogens (tertiary/aromatic N) is 2. The Bertz CT molecular complexity index is 1000. The highest BCUT2D eigenvalue weighted by Crippen LogP contribution is 2.37. The Morgan fingerprint density at radius 1 is 1.28 bits per heavy atom. The highest BCUT2D eigenvalue weighted by atomic mass is 16.5. The first-order valence-corrected chi connectivity index (χ1v) is 9.38. The topological polar surface area (TPSA) is 70.4 Å². The van der Waals surface area contributed by atoms with Crippen LogP contribution in [0.1, 0.15) is 36.0 Å².